The summed E-state index contributed by atoms with van der Waals surface area (Å²) in [4.78, 5) is 12.3. The Morgan fingerprint density at radius 1 is 1.13 bits per heavy atom. The van der Waals surface area contributed by atoms with Crippen molar-refractivity contribution in [1.82, 2.24) is 20.1 Å². The highest BCUT2D eigenvalue weighted by atomic mass is 32.2. The van der Waals surface area contributed by atoms with Gasteiger partial charge in [0.1, 0.15) is 5.75 Å². The van der Waals surface area contributed by atoms with E-state index in [1.165, 1.54) is 5.56 Å². The number of rotatable bonds is 8. The standard InChI is InChI=1S/C24H30N4O2S/c1-17-9-11-19(12-10-17)28-21(15-25-22(29)14-24(2,3)4)26-27-23(28)31-16-18-7-6-8-20(13-18)30-5/h6-13H,14-16H2,1-5H3,(H,25,29). The number of hydrogen-bond acceptors (Lipinski definition) is 5. The van der Waals surface area contributed by atoms with E-state index in [-0.39, 0.29) is 11.3 Å². The summed E-state index contributed by atoms with van der Waals surface area (Å²) >= 11 is 1.60. The predicted molar refractivity (Wildman–Crippen MR) is 125 cm³/mol. The van der Waals surface area contributed by atoms with Crippen molar-refractivity contribution in [2.24, 2.45) is 5.41 Å². The average Bonchev–Trinajstić information content (AvgIpc) is 3.13. The molecule has 1 amide bonds. The van der Waals surface area contributed by atoms with Gasteiger partial charge in [-0.15, -0.1) is 10.2 Å². The molecule has 0 aliphatic carbocycles. The van der Waals surface area contributed by atoms with Crippen molar-refractivity contribution in [3.05, 3.63) is 65.5 Å². The molecule has 1 aromatic heterocycles. The smallest absolute Gasteiger partial charge is 0.220 e. The first-order chi connectivity index (χ1) is 14.7. The van der Waals surface area contributed by atoms with Gasteiger partial charge in [0.25, 0.3) is 0 Å². The number of carbonyl (C=O) groups excluding carboxylic acids is 1. The Labute approximate surface area is 188 Å². The van der Waals surface area contributed by atoms with E-state index < -0.39 is 0 Å². The zero-order valence-corrected chi connectivity index (χ0v) is 19.6. The van der Waals surface area contributed by atoms with E-state index in [0.717, 1.165) is 27.9 Å². The molecule has 3 aromatic rings. The van der Waals surface area contributed by atoms with Crippen molar-refractivity contribution in [3.8, 4) is 11.4 Å². The Morgan fingerprint density at radius 3 is 2.55 bits per heavy atom. The number of nitrogens with one attached hydrogen (secondary N) is 1. The fourth-order valence-electron chi connectivity index (χ4n) is 3.09. The van der Waals surface area contributed by atoms with Crippen LogP contribution in [0.5, 0.6) is 5.75 Å². The molecule has 0 saturated heterocycles. The lowest BCUT2D eigenvalue weighted by molar-refractivity contribution is -0.123. The third kappa shape index (κ3) is 6.59. The molecule has 6 nitrogen and oxygen atoms in total. The lowest BCUT2D eigenvalue weighted by Gasteiger charge is -2.17. The number of aryl methyl sites for hydroxylation is 1. The number of aromatic nitrogens is 3. The molecular weight excluding hydrogens is 408 g/mol. The van der Waals surface area contributed by atoms with Crippen LogP contribution >= 0.6 is 11.8 Å². The quantitative estimate of drug-likeness (QED) is 0.505. The molecule has 1 heterocycles. The van der Waals surface area contributed by atoms with Crippen molar-refractivity contribution in [1.29, 1.82) is 0 Å². The molecule has 1 N–H and O–H groups in total. The van der Waals surface area contributed by atoms with Crippen LogP contribution in [0.1, 0.15) is 44.1 Å². The molecular formula is C24H30N4O2S. The number of nitrogens with zero attached hydrogens (tertiary/aromatic N) is 3. The Hall–Kier alpha value is -2.80. The van der Waals surface area contributed by atoms with E-state index >= 15 is 0 Å². The van der Waals surface area contributed by atoms with E-state index in [1.54, 1.807) is 18.9 Å². The fourth-order valence-corrected chi connectivity index (χ4v) is 4.01. The Morgan fingerprint density at radius 2 is 1.87 bits per heavy atom. The highest BCUT2D eigenvalue weighted by Crippen LogP contribution is 2.27. The second kappa shape index (κ2) is 10.0. The largest absolute Gasteiger partial charge is 0.497 e. The maximum absolute atomic E-state index is 12.3. The molecule has 0 fully saturated rings. The summed E-state index contributed by atoms with van der Waals surface area (Å²) < 4.78 is 7.34. The highest BCUT2D eigenvalue weighted by Gasteiger charge is 2.18. The first kappa shape index (κ1) is 22.9. The summed E-state index contributed by atoms with van der Waals surface area (Å²) in [6, 6.07) is 16.2. The molecule has 0 radical (unpaired) electrons. The fraction of sp³-hybridized carbons (Fsp3) is 0.375. The number of hydrogen-bond donors (Lipinski definition) is 1. The topological polar surface area (TPSA) is 69.0 Å². The molecule has 7 heteroatoms. The number of carbonyl (C=O) groups is 1. The third-order valence-electron chi connectivity index (χ3n) is 4.63. The van der Waals surface area contributed by atoms with E-state index in [9.17, 15) is 4.79 Å². The second-order valence-corrected chi connectivity index (χ2v) is 9.67. The average molecular weight is 439 g/mol. The molecule has 0 atom stereocenters. The molecule has 2 aromatic carbocycles. The summed E-state index contributed by atoms with van der Waals surface area (Å²) in [6.45, 7) is 8.54. The van der Waals surface area contributed by atoms with Crippen LogP contribution in [0.25, 0.3) is 5.69 Å². The van der Waals surface area contributed by atoms with Crippen LogP contribution in [0.2, 0.25) is 0 Å². The van der Waals surface area contributed by atoms with Crippen LogP contribution in [0.15, 0.2) is 53.7 Å². The lowest BCUT2D eigenvalue weighted by atomic mass is 9.92. The van der Waals surface area contributed by atoms with Crippen molar-refractivity contribution in [2.75, 3.05) is 7.11 Å². The van der Waals surface area contributed by atoms with Crippen LogP contribution in [-0.2, 0) is 17.1 Å². The van der Waals surface area contributed by atoms with Gasteiger partial charge in [0.05, 0.1) is 13.7 Å². The molecule has 31 heavy (non-hydrogen) atoms. The number of amides is 1. The number of benzene rings is 2. The van der Waals surface area contributed by atoms with Gasteiger partial charge >= 0.3 is 0 Å². The first-order valence-corrected chi connectivity index (χ1v) is 11.3. The van der Waals surface area contributed by atoms with Crippen molar-refractivity contribution in [2.45, 2.75) is 51.6 Å². The second-order valence-electron chi connectivity index (χ2n) is 8.72. The van der Waals surface area contributed by atoms with Crippen molar-refractivity contribution in [3.63, 3.8) is 0 Å². The zero-order chi connectivity index (χ0) is 22.4. The van der Waals surface area contributed by atoms with Gasteiger partial charge in [-0.05, 0) is 42.2 Å². The Bertz CT molecular complexity index is 1020. The minimum atomic E-state index is -0.0630. The molecule has 3 rings (SSSR count). The monoisotopic (exact) mass is 438 g/mol. The van der Waals surface area contributed by atoms with E-state index in [0.29, 0.717) is 18.8 Å². The third-order valence-corrected chi connectivity index (χ3v) is 5.63. The van der Waals surface area contributed by atoms with Gasteiger partial charge in [-0.25, -0.2) is 0 Å². The molecule has 0 unspecified atom stereocenters. The summed E-state index contributed by atoms with van der Waals surface area (Å²) in [6.07, 6.45) is 0.461. The van der Waals surface area contributed by atoms with Crippen molar-refractivity contribution < 1.29 is 9.53 Å². The predicted octanol–water partition coefficient (Wildman–Crippen LogP) is 4.93. The Kier molecular flexibility index (Phi) is 7.38. The molecule has 0 aliphatic heterocycles. The van der Waals surface area contributed by atoms with Crippen LogP contribution < -0.4 is 10.1 Å². The van der Waals surface area contributed by atoms with Crippen LogP contribution in [-0.4, -0.2) is 27.8 Å². The van der Waals surface area contributed by atoms with Crippen LogP contribution in [0, 0.1) is 12.3 Å². The molecule has 164 valence electrons. The molecule has 0 saturated carbocycles. The normalized spacial score (nSPS) is 11.4. The SMILES string of the molecule is COc1cccc(CSc2nnc(CNC(=O)CC(C)(C)C)n2-c2ccc(C)cc2)c1. The molecule has 0 aliphatic rings. The maximum atomic E-state index is 12.3. The van der Waals surface area contributed by atoms with Gasteiger partial charge in [-0.3, -0.25) is 9.36 Å². The van der Waals surface area contributed by atoms with Gasteiger partial charge in [0.15, 0.2) is 11.0 Å². The minimum absolute atomic E-state index is 0.0107. The van der Waals surface area contributed by atoms with Gasteiger partial charge < -0.3 is 10.1 Å². The maximum Gasteiger partial charge on any atom is 0.220 e. The summed E-state index contributed by atoms with van der Waals surface area (Å²) in [7, 11) is 1.67. The van der Waals surface area contributed by atoms with Crippen LogP contribution in [0.3, 0.4) is 0 Å². The first-order valence-electron chi connectivity index (χ1n) is 10.3. The number of methoxy groups -OCH3 is 1. The zero-order valence-electron chi connectivity index (χ0n) is 18.8. The van der Waals surface area contributed by atoms with Gasteiger partial charge in [0.2, 0.25) is 5.91 Å². The summed E-state index contributed by atoms with van der Waals surface area (Å²) in [5.74, 6) is 2.29. The van der Waals surface area contributed by atoms with Gasteiger partial charge in [-0.1, -0.05) is 62.4 Å². The van der Waals surface area contributed by atoms with Crippen molar-refractivity contribution >= 4 is 17.7 Å². The minimum Gasteiger partial charge on any atom is -0.497 e. The van der Waals surface area contributed by atoms with E-state index in [1.807, 2.05) is 22.8 Å². The van der Waals surface area contributed by atoms with E-state index in [4.69, 9.17) is 4.74 Å². The molecule has 0 bridgehead atoms. The number of ether oxygens (including phenoxy) is 1. The highest BCUT2D eigenvalue weighted by molar-refractivity contribution is 7.98. The lowest BCUT2D eigenvalue weighted by Crippen LogP contribution is -2.28. The summed E-state index contributed by atoms with van der Waals surface area (Å²) in [5.41, 5.74) is 3.24. The van der Waals surface area contributed by atoms with Gasteiger partial charge in [-0.2, -0.15) is 0 Å². The number of thioether (sulfide) groups is 1. The molecule has 0 spiro atoms. The Balaban J connectivity index is 1.81. The van der Waals surface area contributed by atoms with E-state index in [2.05, 4.69) is 73.5 Å². The summed E-state index contributed by atoms with van der Waals surface area (Å²) in [5, 5.41) is 12.6. The van der Waals surface area contributed by atoms with Crippen LogP contribution in [0.4, 0.5) is 0 Å². The van der Waals surface area contributed by atoms with Gasteiger partial charge in [0, 0.05) is 17.9 Å².